The van der Waals surface area contributed by atoms with Crippen molar-refractivity contribution in [1.82, 2.24) is 29.2 Å². The molecule has 1 aliphatic rings. The quantitative estimate of drug-likeness (QED) is 0.347. The zero-order valence-electron chi connectivity index (χ0n) is 21.2. The number of fused-ring (bicyclic) bond motifs is 3. The Labute approximate surface area is 227 Å². The number of nitrogens with one attached hydrogen (secondary N) is 1. The molecule has 0 fully saturated rings. The number of amides is 1. The van der Waals surface area contributed by atoms with Crippen molar-refractivity contribution in [2.75, 3.05) is 0 Å². The molecule has 2 aromatic heterocycles. The number of benzene rings is 3. The highest BCUT2D eigenvalue weighted by Gasteiger charge is 2.44. The molecule has 11 heteroatoms. The number of aryl methyl sites for hydroxylation is 2. The van der Waals surface area contributed by atoms with Gasteiger partial charge in [-0.25, -0.2) is 19.0 Å². The molecule has 0 saturated heterocycles. The third-order valence-corrected chi connectivity index (χ3v) is 6.75. The maximum atomic E-state index is 14.9. The van der Waals surface area contributed by atoms with Gasteiger partial charge in [-0.1, -0.05) is 54.1 Å². The van der Waals surface area contributed by atoms with Gasteiger partial charge in [-0.2, -0.15) is 13.9 Å². The summed E-state index contributed by atoms with van der Waals surface area (Å²) in [6.07, 6.45) is 0.772. The molecule has 0 bridgehead atoms. The fraction of sp³-hybridized carbons (Fsp3) is 0.214. The SMILES string of the molecule is Cc1ccc2c(c1)nc1n2CC(NC(=O)c2ccc(-n3cnn(C)c3=O)cc2Cl)CC1(F)F.c1ccccc1. The van der Waals surface area contributed by atoms with Crippen molar-refractivity contribution in [2.45, 2.75) is 31.9 Å². The number of rotatable bonds is 3. The molecular weight excluding hydrogens is 526 g/mol. The van der Waals surface area contributed by atoms with Gasteiger partial charge in [0.1, 0.15) is 6.33 Å². The van der Waals surface area contributed by atoms with Crippen molar-refractivity contribution in [3.63, 3.8) is 0 Å². The summed E-state index contributed by atoms with van der Waals surface area (Å²) in [6.45, 7) is 2.04. The molecule has 6 rings (SSSR count). The monoisotopic (exact) mass is 550 g/mol. The van der Waals surface area contributed by atoms with Crippen LogP contribution >= 0.6 is 11.6 Å². The van der Waals surface area contributed by atoms with E-state index >= 15 is 0 Å². The molecule has 0 aliphatic carbocycles. The second-order valence-electron chi connectivity index (χ2n) is 9.34. The molecule has 5 aromatic rings. The number of carbonyl (C=O) groups excluding carboxylic acids is 1. The van der Waals surface area contributed by atoms with Crippen LogP contribution in [0.15, 0.2) is 83.9 Å². The number of nitrogens with zero attached hydrogens (tertiary/aromatic N) is 5. The fourth-order valence-electron chi connectivity index (χ4n) is 4.53. The zero-order valence-corrected chi connectivity index (χ0v) is 21.9. The van der Waals surface area contributed by atoms with Crippen LogP contribution in [-0.2, 0) is 19.5 Å². The molecule has 1 amide bonds. The van der Waals surface area contributed by atoms with Crippen molar-refractivity contribution in [2.24, 2.45) is 7.05 Å². The van der Waals surface area contributed by atoms with Crippen molar-refractivity contribution in [1.29, 1.82) is 0 Å². The van der Waals surface area contributed by atoms with Crippen LogP contribution in [0, 0.1) is 6.92 Å². The molecule has 8 nitrogen and oxygen atoms in total. The van der Waals surface area contributed by atoms with Crippen LogP contribution in [0.2, 0.25) is 5.02 Å². The van der Waals surface area contributed by atoms with E-state index in [1.807, 2.05) is 49.4 Å². The Morgan fingerprint density at radius 1 is 1.08 bits per heavy atom. The molecule has 1 N–H and O–H groups in total. The first kappa shape index (κ1) is 26.3. The van der Waals surface area contributed by atoms with E-state index in [0.29, 0.717) is 16.7 Å². The molecule has 1 atom stereocenters. The van der Waals surface area contributed by atoms with Crippen LogP contribution in [0.4, 0.5) is 8.78 Å². The molecule has 3 aromatic carbocycles. The van der Waals surface area contributed by atoms with Crippen LogP contribution in [0.3, 0.4) is 0 Å². The largest absolute Gasteiger partial charge is 0.350 e. The summed E-state index contributed by atoms with van der Waals surface area (Å²) in [6, 6.07) is 21.0. The number of halogens is 3. The average molecular weight is 551 g/mol. The van der Waals surface area contributed by atoms with E-state index in [4.69, 9.17) is 11.6 Å². The second-order valence-corrected chi connectivity index (χ2v) is 9.75. The van der Waals surface area contributed by atoms with Gasteiger partial charge in [-0.05, 0) is 42.8 Å². The number of aromatic nitrogens is 5. The second kappa shape index (κ2) is 10.5. The lowest BCUT2D eigenvalue weighted by Gasteiger charge is -2.31. The Balaban J connectivity index is 0.000000455. The molecular formula is C28H25ClF2N6O2. The molecule has 1 unspecified atom stereocenters. The zero-order chi connectivity index (χ0) is 27.7. The van der Waals surface area contributed by atoms with Crippen LogP contribution in [0.25, 0.3) is 16.7 Å². The van der Waals surface area contributed by atoms with Gasteiger partial charge in [0.25, 0.3) is 5.91 Å². The lowest BCUT2D eigenvalue weighted by molar-refractivity contribution is -0.0473. The standard InChI is InChI=1S/C22H19ClF2N6O2.C6H6/c1-12-3-6-18-17(7-12)28-20-22(24,25)9-13(10-30(18)20)27-19(32)15-5-4-14(8-16(15)23)31-11-26-29(2)21(31)33;1-2-4-6-5-3-1/h3-8,11,13H,9-10H2,1-2H3,(H,27,32);1-6H. The molecule has 39 heavy (non-hydrogen) atoms. The third kappa shape index (κ3) is 5.33. The molecule has 0 radical (unpaired) electrons. The smallest absolute Gasteiger partial charge is 0.347 e. The predicted molar refractivity (Wildman–Crippen MR) is 144 cm³/mol. The first-order valence-electron chi connectivity index (χ1n) is 12.2. The average Bonchev–Trinajstić information content (AvgIpc) is 3.44. The maximum absolute atomic E-state index is 14.9. The number of imidazole rings is 1. The summed E-state index contributed by atoms with van der Waals surface area (Å²) in [5.41, 5.74) is 2.21. The molecule has 0 saturated carbocycles. The summed E-state index contributed by atoms with van der Waals surface area (Å²) in [5, 5.41) is 6.64. The van der Waals surface area contributed by atoms with Gasteiger partial charge in [0.05, 0.1) is 33.3 Å². The highest BCUT2D eigenvalue weighted by atomic mass is 35.5. The highest BCUT2D eigenvalue weighted by molar-refractivity contribution is 6.34. The van der Waals surface area contributed by atoms with Crippen LogP contribution in [0.1, 0.15) is 28.2 Å². The number of carbonyl (C=O) groups is 1. The van der Waals surface area contributed by atoms with E-state index in [0.717, 1.165) is 10.2 Å². The number of hydrogen-bond acceptors (Lipinski definition) is 4. The van der Waals surface area contributed by atoms with Gasteiger partial charge in [0.15, 0.2) is 5.82 Å². The Bertz CT molecular complexity index is 1680. The van der Waals surface area contributed by atoms with Crippen LogP contribution < -0.4 is 11.0 Å². The topological polar surface area (TPSA) is 86.7 Å². The minimum absolute atomic E-state index is 0.0903. The van der Waals surface area contributed by atoms with Gasteiger partial charge < -0.3 is 9.88 Å². The fourth-order valence-corrected chi connectivity index (χ4v) is 4.79. The van der Waals surface area contributed by atoms with E-state index < -0.39 is 24.3 Å². The van der Waals surface area contributed by atoms with E-state index in [2.05, 4.69) is 15.4 Å². The van der Waals surface area contributed by atoms with Gasteiger partial charge in [0, 0.05) is 20.0 Å². The maximum Gasteiger partial charge on any atom is 0.350 e. The third-order valence-electron chi connectivity index (χ3n) is 6.44. The molecule has 3 heterocycles. The van der Waals surface area contributed by atoms with Crippen molar-refractivity contribution in [3.05, 3.63) is 112 Å². The highest BCUT2D eigenvalue weighted by Crippen LogP contribution is 2.38. The summed E-state index contributed by atoms with van der Waals surface area (Å²) in [7, 11) is 1.51. The van der Waals surface area contributed by atoms with Gasteiger partial charge in [-0.15, -0.1) is 0 Å². The van der Waals surface area contributed by atoms with E-state index in [9.17, 15) is 18.4 Å². The lowest BCUT2D eigenvalue weighted by Crippen LogP contribution is -2.45. The van der Waals surface area contributed by atoms with E-state index in [1.165, 1.54) is 34.6 Å². The molecule has 200 valence electrons. The lowest BCUT2D eigenvalue weighted by atomic mass is 10.0. The Hall–Kier alpha value is -4.31. The number of alkyl halides is 2. The molecule has 1 aliphatic heterocycles. The van der Waals surface area contributed by atoms with Gasteiger partial charge in [0.2, 0.25) is 0 Å². The molecule has 0 spiro atoms. The van der Waals surface area contributed by atoms with Crippen molar-refractivity contribution < 1.29 is 13.6 Å². The van der Waals surface area contributed by atoms with Crippen LogP contribution in [0.5, 0.6) is 0 Å². The first-order chi connectivity index (χ1) is 18.6. The normalized spacial score (nSPS) is 15.8. The van der Waals surface area contributed by atoms with Crippen molar-refractivity contribution in [3.8, 4) is 5.69 Å². The van der Waals surface area contributed by atoms with Crippen LogP contribution in [-0.4, -0.2) is 35.8 Å². The summed E-state index contributed by atoms with van der Waals surface area (Å²) in [5.74, 6) is -4.06. The van der Waals surface area contributed by atoms with Crippen molar-refractivity contribution >= 4 is 28.5 Å². The Kier molecular flexibility index (Phi) is 7.05. The van der Waals surface area contributed by atoms with Gasteiger partial charge in [-0.3, -0.25) is 4.79 Å². The number of hydrogen-bond donors (Lipinski definition) is 1. The predicted octanol–water partition coefficient (Wildman–Crippen LogP) is 4.86. The first-order valence-corrected chi connectivity index (χ1v) is 12.6. The summed E-state index contributed by atoms with van der Waals surface area (Å²) < 4.78 is 33.7. The van der Waals surface area contributed by atoms with E-state index in [1.54, 1.807) is 18.2 Å². The van der Waals surface area contributed by atoms with E-state index in [-0.39, 0.29) is 28.6 Å². The summed E-state index contributed by atoms with van der Waals surface area (Å²) in [4.78, 5) is 29.1. The Morgan fingerprint density at radius 2 is 1.77 bits per heavy atom. The minimum atomic E-state index is -3.20. The summed E-state index contributed by atoms with van der Waals surface area (Å²) >= 11 is 6.30. The minimum Gasteiger partial charge on any atom is -0.347 e. The Morgan fingerprint density at radius 3 is 2.38 bits per heavy atom. The van der Waals surface area contributed by atoms with Gasteiger partial charge >= 0.3 is 11.6 Å².